The van der Waals surface area contributed by atoms with Crippen molar-refractivity contribution in [2.45, 2.75) is 44.5 Å². The van der Waals surface area contributed by atoms with Crippen LogP contribution in [0.15, 0.2) is 24.3 Å². The van der Waals surface area contributed by atoms with Crippen molar-refractivity contribution in [2.24, 2.45) is 5.92 Å². The van der Waals surface area contributed by atoms with E-state index in [0.29, 0.717) is 24.8 Å². The molecule has 3 rings (SSSR count). The van der Waals surface area contributed by atoms with Crippen molar-refractivity contribution in [1.29, 1.82) is 0 Å². The molecule has 24 heavy (non-hydrogen) atoms. The predicted molar refractivity (Wildman–Crippen MR) is 87.3 cm³/mol. The molecular formula is C18H23FN2O3. The number of benzene rings is 1. The molecule has 1 aromatic carbocycles. The Morgan fingerprint density at radius 3 is 2.42 bits per heavy atom. The lowest BCUT2D eigenvalue weighted by atomic mass is 9.89. The highest BCUT2D eigenvalue weighted by Gasteiger charge is 2.40. The molecule has 0 heterocycles. The Morgan fingerprint density at radius 1 is 1.25 bits per heavy atom. The summed E-state index contributed by atoms with van der Waals surface area (Å²) in [6.07, 6.45) is 0.329. The smallest absolute Gasteiger partial charge is 0.254 e. The van der Waals surface area contributed by atoms with E-state index in [2.05, 4.69) is 5.32 Å². The van der Waals surface area contributed by atoms with E-state index in [1.165, 1.54) is 4.90 Å². The normalized spacial score (nSPS) is 28.0. The van der Waals surface area contributed by atoms with E-state index in [4.69, 9.17) is 0 Å². The van der Waals surface area contributed by atoms with Gasteiger partial charge in [-0.25, -0.2) is 4.39 Å². The van der Waals surface area contributed by atoms with Crippen LogP contribution in [0.5, 0.6) is 0 Å². The number of carbonyl (C=O) groups excluding carboxylic acids is 2. The number of nitrogens with zero attached hydrogens (tertiary/aromatic N) is 1. The van der Waals surface area contributed by atoms with Crippen molar-refractivity contribution in [1.82, 2.24) is 10.2 Å². The van der Waals surface area contributed by atoms with Gasteiger partial charge in [-0.05, 0) is 38.3 Å². The molecule has 130 valence electrons. The standard InChI is InChI=1S/C18H23FN2O3/c1-11-2-4-12(5-3-11)18(24)21(9-13-6-16(13)19)10-17(23)20-14-7-15(22)8-14/h2-5,13-16,22H,6-10H2,1H3,(H,20,23). The lowest BCUT2D eigenvalue weighted by Crippen LogP contribution is -2.50. The van der Waals surface area contributed by atoms with Crippen molar-refractivity contribution < 1.29 is 19.1 Å². The summed E-state index contributed by atoms with van der Waals surface area (Å²) in [4.78, 5) is 26.3. The summed E-state index contributed by atoms with van der Waals surface area (Å²) in [5.41, 5.74) is 1.55. The van der Waals surface area contributed by atoms with Crippen molar-refractivity contribution >= 4 is 11.8 Å². The van der Waals surface area contributed by atoms with E-state index in [-0.39, 0.29) is 43.0 Å². The van der Waals surface area contributed by atoms with Crippen molar-refractivity contribution in [3.8, 4) is 0 Å². The van der Waals surface area contributed by atoms with Gasteiger partial charge in [-0.3, -0.25) is 9.59 Å². The van der Waals surface area contributed by atoms with E-state index in [0.717, 1.165) is 5.56 Å². The number of alkyl halides is 1. The first kappa shape index (κ1) is 16.9. The Bertz CT molecular complexity index is 613. The van der Waals surface area contributed by atoms with Gasteiger partial charge >= 0.3 is 0 Å². The third-order valence-electron chi connectivity index (χ3n) is 4.69. The van der Waals surface area contributed by atoms with Gasteiger partial charge in [0.05, 0.1) is 12.6 Å². The molecule has 0 aliphatic heterocycles. The lowest BCUT2D eigenvalue weighted by molar-refractivity contribution is -0.123. The molecule has 2 atom stereocenters. The minimum absolute atomic E-state index is 0.0290. The highest BCUT2D eigenvalue weighted by molar-refractivity contribution is 5.96. The SMILES string of the molecule is Cc1ccc(C(=O)N(CC(=O)NC2CC(O)C2)CC2CC2F)cc1. The maximum Gasteiger partial charge on any atom is 0.254 e. The number of aliphatic hydroxyl groups is 1. The zero-order chi connectivity index (χ0) is 17.3. The van der Waals surface area contributed by atoms with Gasteiger partial charge in [0.15, 0.2) is 0 Å². The number of hydrogen-bond donors (Lipinski definition) is 2. The quantitative estimate of drug-likeness (QED) is 0.827. The fraction of sp³-hybridized carbons (Fsp3) is 0.556. The largest absolute Gasteiger partial charge is 0.393 e. The second-order valence-corrected chi connectivity index (χ2v) is 6.95. The van der Waals surface area contributed by atoms with E-state index >= 15 is 0 Å². The summed E-state index contributed by atoms with van der Waals surface area (Å²) in [5.74, 6) is -0.681. The van der Waals surface area contributed by atoms with Crippen LogP contribution < -0.4 is 5.32 Å². The Labute approximate surface area is 140 Å². The molecule has 0 spiro atoms. The second-order valence-electron chi connectivity index (χ2n) is 6.95. The first-order chi connectivity index (χ1) is 11.4. The third kappa shape index (κ3) is 4.12. The summed E-state index contributed by atoms with van der Waals surface area (Å²) in [6.45, 7) is 2.11. The Morgan fingerprint density at radius 2 is 1.88 bits per heavy atom. The summed E-state index contributed by atoms with van der Waals surface area (Å²) in [6, 6.07) is 7.11. The van der Waals surface area contributed by atoms with Crippen LogP contribution in [0, 0.1) is 12.8 Å². The van der Waals surface area contributed by atoms with Crippen molar-refractivity contribution in [2.75, 3.05) is 13.1 Å². The van der Waals surface area contributed by atoms with Crippen LogP contribution in [0.3, 0.4) is 0 Å². The average Bonchev–Trinajstić information content (AvgIpc) is 3.20. The van der Waals surface area contributed by atoms with Crippen LogP contribution in [0.2, 0.25) is 0 Å². The molecule has 2 aliphatic rings. The Hall–Kier alpha value is -1.95. The van der Waals surface area contributed by atoms with E-state index < -0.39 is 6.17 Å². The van der Waals surface area contributed by atoms with Gasteiger partial charge in [-0.1, -0.05) is 17.7 Å². The summed E-state index contributed by atoms with van der Waals surface area (Å²) in [7, 11) is 0. The first-order valence-electron chi connectivity index (χ1n) is 8.40. The van der Waals surface area contributed by atoms with Gasteiger partial charge in [0, 0.05) is 24.1 Å². The van der Waals surface area contributed by atoms with E-state index in [1.54, 1.807) is 12.1 Å². The maximum atomic E-state index is 13.2. The molecule has 0 radical (unpaired) electrons. The molecule has 2 saturated carbocycles. The molecule has 0 aromatic heterocycles. The van der Waals surface area contributed by atoms with Gasteiger partial charge in [0.25, 0.3) is 5.91 Å². The fourth-order valence-electron chi connectivity index (χ4n) is 2.93. The van der Waals surface area contributed by atoms with E-state index in [9.17, 15) is 19.1 Å². The molecule has 0 bridgehead atoms. The minimum atomic E-state index is -0.872. The van der Waals surface area contributed by atoms with Gasteiger partial charge in [-0.15, -0.1) is 0 Å². The molecule has 0 saturated heterocycles. The van der Waals surface area contributed by atoms with Gasteiger partial charge in [-0.2, -0.15) is 0 Å². The molecule has 2 unspecified atom stereocenters. The zero-order valence-electron chi connectivity index (χ0n) is 13.7. The molecule has 5 nitrogen and oxygen atoms in total. The summed E-state index contributed by atoms with van der Waals surface area (Å²) in [5, 5.41) is 12.1. The van der Waals surface area contributed by atoms with Crippen molar-refractivity contribution in [3.63, 3.8) is 0 Å². The molecule has 2 N–H and O–H groups in total. The first-order valence-corrected chi connectivity index (χ1v) is 8.40. The van der Waals surface area contributed by atoms with Gasteiger partial charge in [0.2, 0.25) is 5.91 Å². The molecular weight excluding hydrogens is 311 g/mol. The molecule has 2 fully saturated rings. The minimum Gasteiger partial charge on any atom is -0.393 e. The van der Waals surface area contributed by atoms with Gasteiger partial charge < -0.3 is 15.3 Å². The van der Waals surface area contributed by atoms with Crippen LogP contribution in [-0.4, -0.2) is 53.2 Å². The highest BCUT2D eigenvalue weighted by Crippen LogP contribution is 2.34. The molecule has 1 aromatic rings. The number of aryl methyl sites for hydroxylation is 1. The van der Waals surface area contributed by atoms with Crippen LogP contribution in [0.1, 0.15) is 35.2 Å². The second kappa shape index (κ2) is 6.89. The van der Waals surface area contributed by atoms with Crippen LogP contribution in [0.4, 0.5) is 4.39 Å². The Kier molecular flexibility index (Phi) is 4.85. The van der Waals surface area contributed by atoms with E-state index in [1.807, 2.05) is 19.1 Å². The van der Waals surface area contributed by atoms with Crippen LogP contribution in [-0.2, 0) is 4.79 Å². The monoisotopic (exact) mass is 334 g/mol. The van der Waals surface area contributed by atoms with Crippen LogP contribution in [0.25, 0.3) is 0 Å². The van der Waals surface area contributed by atoms with Crippen LogP contribution >= 0.6 is 0 Å². The summed E-state index contributed by atoms with van der Waals surface area (Å²) >= 11 is 0. The highest BCUT2D eigenvalue weighted by atomic mass is 19.1. The third-order valence-corrected chi connectivity index (χ3v) is 4.69. The number of rotatable bonds is 6. The number of halogens is 1. The number of aliphatic hydroxyl groups excluding tert-OH is 1. The predicted octanol–water partition coefficient (Wildman–Crippen LogP) is 1.43. The topological polar surface area (TPSA) is 69.6 Å². The van der Waals surface area contributed by atoms with Crippen molar-refractivity contribution in [3.05, 3.63) is 35.4 Å². The molecule has 6 heteroatoms. The number of nitrogens with one attached hydrogen (secondary N) is 1. The average molecular weight is 334 g/mol. The lowest BCUT2D eigenvalue weighted by Gasteiger charge is -2.32. The maximum absolute atomic E-state index is 13.2. The fourth-order valence-corrected chi connectivity index (χ4v) is 2.93. The Balaban J connectivity index is 1.62. The molecule has 2 amide bonds. The summed E-state index contributed by atoms with van der Waals surface area (Å²) < 4.78 is 13.2. The number of amides is 2. The zero-order valence-corrected chi connectivity index (χ0v) is 13.7. The van der Waals surface area contributed by atoms with Gasteiger partial charge in [0.1, 0.15) is 6.17 Å². The number of hydrogen-bond acceptors (Lipinski definition) is 3. The molecule has 2 aliphatic carbocycles. The number of carbonyl (C=O) groups is 2.